The zero-order valence-electron chi connectivity index (χ0n) is 66.1. The quantitative estimate of drug-likeness (QED) is 0.0169. The van der Waals surface area contributed by atoms with Crippen LogP contribution in [0.2, 0.25) is 0 Å². The highest BCUT2D eigenvalue weighted by molar-refractivity contribution is 7.47. The Kier molecular flexibility index (Phi) is 73.9. The molecule has 0 aromatic heterocycles. The second-order valence-electron chi connectivity index (χ2n) is 26.6. The molecular formula is C87H144O17P2. The van der Waals surface area contributed by atoms with E-state index in [2.05, 4.69) is 186 Å². The van der Waals surface area contributed by atoms with Gasteiger partial charge in [0.25, 0.3) is 0 Å². The number of esters is 4. The summed E-state index contributed by atoms with van der Waals surface area (Å²) < 4.78 is 68.6. The Morgan fingerprint density at radius 3 is 0.783 bits per heavy atom. The first kappa shape index (κ1) is 101. The lowest BCUT2D eigenvalue weighted by Gasteiger charge is -2.21. The fraction of sp³-hybridized carbons (Fsp3) is 0.655. The van der Waals surface area contributed by atoms with Gasteiger partial charge in [-0.05, 0) is 148 Å². The van der Waals surface area contributed by atoms with E-state index in [1.807, 2.05) is 0 Å². The molecule has 0 aromatic rings. The van der Waals surface area contributed by atoms with Gasteiger partial charge < -0.3 is 33.8 Å². The molecule has 0 aliphatic rings. The van der Waals surface area contributed by atoms with Crippen LogP contribution in [-0.2, 0) is 65.4 Å². The smallest absolute Gasteiger partial charge is 0.462 e. The first-order valence-electron chi connectivity index (χ1n) is 40.7. The van der Waals surface area contributed by atoms with E-state index in [1.54, 1.807) is 0 Å². The lowest BCUT2D eigenvalue weighted by molar-refractivity contribution is -0.161. The van der Waals surface area contributed by atoms with E-state index in [1.165, 1.54) is 51.4 Å². The van der Waals surface area contributed by atoms with Gasteiger partial charge in [-0.25, -0.2) is 9.13 Å². The minimum atomic E-state index is -5.00. The number of unbranched alkanes of at least 4 members (excludes halogenated alkanes) is 23. The summed E-state index contributed by atoms with van der Waals surface area (Å²) in [6, 6.07) is 0. The van der Waals surface area contributed by atoms with Gasteiger partial charge in [0, 0.05) is 25.7 Å². The lowest BCUT2D eigenvalue weighted by Crippen LogP contribution is -2.30. The third-order valence-corrected chi connectivity index (χ3v) is 18.4. The van der Waals surface area contributed by atoms with Gasteiger partial charge in [0.15, 0.2) is 12.2 Å². The predicted octanol–water partition coefficient (Wildman–Crippen LogP) is 24.0. The molecule has 604 valence electrons. The van der Waals surface area contributed by atoms with Gasteiger partial charge in [0.2, 0.25) is 0 Å². The minimum Gasteiger partial charge on any atom is -0.462 e. The Labute approximate surface area is 642 Å². The summed E-state index contributed by atoms with van der Waals surface area (Å²) in [4.78, 5) is 73.1. The van der Waals surface area contributed by atoms with E-state index in [-0.39, 0.29) is 25.7 Å². The maximum atomic E-state index is 13.1. The number of aliphatic hydroxyl groups excluding tert-OH is 1. The van der Waals surface area contributed by atoms with Gasteiger partial charge in [-0.15, -0.1) is 0 Å². The predicted molar refractivity (Wildman–Crippen MR) is 436 cm³/mol. The number of hydrogen-bond donors (Lipinski definition) is 3. The normalized spacial score (nSPS) is 14.7. The van der Waals surface area contributed by atoms with Gasteiger partial charge in [-0.1, -0.05) is 295 Å². The van der Waals surface area contributed by atoms with Crippen molar-refractivity contribution in [2.45, 2.75) is 329 Å². The second kappa shape index (κ2) is 77.8. The molecule has 0 aliphatic heterocycles. The van der Waals surface area contributed by atoms with Crippen molar-refractivity contribution in [2.75, 3.05) is 39.6 Å². The zero-order chi connectivity index (χ0) is 77.4. The van der Waals surface area contributed by atoms with Gasteiger partial charge in [-0.2, -0.15) is 0 Å². The van der Waals surface area contributed by atoms with Gasteiger partial charge >= 0.3 is 39.5 Å². The molecule has 0 rings (SSSR count). The summed E-state index contributed by atoms with van der Waals surface area (Å²) in [5, 5.41) is 10.6. The molecule has 0 fully saturated rings. The summed E-state index contributed by atoms with van der Waals surface area (Å²) in [5.74, 6) is -2.28. The first-order chi connectivity index (χ1) is 51.7. The molecule has 0 saturated heterocycles. The van der Waals surface area contributed by atoms with Crippen molar-refractivity contribution in [3.05, 3.63) is 158 Å². The molecule has 17 nitrogen and oxygen atoms in total. The number of hydrogen-bond acceptors (Lipinski definition) is 15. The standard InChI is InChI=1S/C87H144O17P2/c1-5-9-13-17-21-25-29-33-36-38-40-42-45-48-51-55-59-63-67-71-84(89)97-77-82(103-86(91)73-69-65-61-57-53-47-32-28-24-20-16-12-8-4)79-101-105(93,94)99-75-81(88)76-100-106(95,96)102-80-83(104-87(92)74-70-66-62-58-54-50-44-35-31-27-23-19-15-11-7-3)78-98-85(90)72-68-64-60-56-52-49-46-43-41-39-37-34-30-26-22-18-14-10-6-2/h9-11,13-15,21-23,25-27,33-37,40-44,48,51,54,58,81-83,88H,5-8,12,16-20,24,28-32,38-39,45-47,49-50,52-53,55-57,59-80H2,1-4H3,(H,93,94)(H,95,96)/b13-9-,14-10-,15-11-,25-21-,26-22-,27-23-,36-33-,37-34-,42-40-,43-41-,44-35-,51-48-,58-54-. The third kappa shape index (κ3) is 76.9. The van der Waals surface area contributed by atoms with E-state index >= 15 is 0 Å². The molecule has 0 saturated carbocycles. The van der Waals surface area contributed by atoms with Crippen molar-refractivity contribution in [3.8, 4) is 0 Å². The maximum absolute atomic E-state index is 13.1. The third-order valence-electron chi connectivity index (χ3n) is 16.5. The SMILES string of the molecule is CC/C=C\C/C=C\C/C=C\C/C=C\C/C=C\CCCCCC(=O)OCC(COP(=O)(O)OCC(O)COP(=O)(O)OCC(COC(=O)CCCCCCCC/C=C\C/C=C\C/C=C\C/C=C\CC)OC(=O)CCCC/C=C\C/C=C\C/C=C\C/C=C\CC)OC(=O)CCCCCCCCCCCCCCC. The molecule has 3 N–H and O–H groups in total. The molecule has 0 heterocycles. The summed E-state index contributed by atoms with van der Waals surface area (Å²) in [5.41, 5.74) is 0. The fourth-order valence-corrected chi connectivity index (χ4v) is 12.0. The topological polar surface area (TPSA) is 237 Å². The largest absolute Gasteiger partial charge is 0.472 e. The van der Waals surface area contributed by atoms with Gasteiger partial charge in [-0.3, -0.25) is 37.3 Å². The van der Waals surface area contributed by atoms with Crippen molar-refractivity contribution >= 4 is 39.5 Å². The van der Waals surface area contributed by atoms with Gasteiger partial charge in [0.05, 0.1) is 26.4 Å². The minimum absolute atomic E-state index is 0.0341. The van der Waals surface area contributed by atoms with Crippen LogP contribution in [0.5, 0.6) is 0 Å². The molecule has 19 heteroatoms. The number of allylic oxidation sites excluding steroid dienone is 26. The van der Waals surface area contributed by atoms with E-state index < -0.39 is 97.5 Å². The number of rotatable bonds is 75. The van der Waals surface area contributed by atoms with Crippen LogP contribution >= 0.6 is 15.6 Å². The average Bonchev–Trinajstić information content (AvgIpc) is 0.901. The Hall–Kier alpha value is -5.32. The number of aliphatic hydroxyl groups is 1. The van der Waals surface area contributed by atoms with E-state index in [0.29, 0.717) is 32.1 Å². The number of phosphoric acid groups is 2. The molecule has 5 unspecified atom stereocenters. The number of phosphoric ester groups is 2. The van der Waals surface area contributed by atoms with Crippen LogP contribution < -0.4 is 0 Å². The monoisotopic (exact) mass is 1520 g/mol. The molecule has 5 atom stereocenters. The number of carbonyl (C=O) groups is 4. The lowest BCUT2D eigenvalue weighted by atomic mass is 10.0. The Balaban J connectivity index is 5.42. The van der Waals surface area contributed by atoms with Crippen molar-refractivity contribution in [1.29, 1.82) is 0 Å². The van der Waals surface area contributed by atoms with Crippen LogP contribution in [0, 0.1) is 0 Å². The molecule has 106 heavy (non-hydrogen) atoms. The first-order valence-corrected chi connectivity index (χ1v) is 43.7. The van der Waals surface area contributed by atoms with Crippen molar-refractivity contribution < 1.29 is 80.2 Å². The van der Waals surface area contributed by atoms with Crippen LogP contribution in [0.3, 0.4) is 0 Å². The number of carbonyl (C=O) groups excluding carboxylic acids is 4. The molecule has 0 bridgehead atoms. The molecule has 0 aromatic carbocycles. The zero-order valence-corrected chi connectivity index (χ0v) is 67.8. The highest BCUT2D eigenvalue weighted by Gasteiger charge is 2.30. The summed E-state index contributed by atoms with van der Waals surface area (Å²) >= 11 is 0. The Morgan fingerprint density at radius 1 is 0.274 bits per heavy atom. The van der Waals surface area contributed by atoms with Crippen molar-refractivity contribution in [1.82, 2.24) is 0 Å². The molecule has 0 amide bonds. The highest BCUT2D eigenvalue weighted by Crippen LogP contribution is 2.45. The van der Waals surface area contributed by atoms with E-state index in [0.717, 1.165) is 173 Å². The fourth-order valence-electron chi connectivity index (χ4n) is 10.4. The Bertz CT molecular complexity index is 2630. The van der Waals surface area contributed by atoms with Crippen LogP contribution in [0.1, 0.15) is 310 Å². The number of ether oxygens (including phenoxy) is 4. The second-order valence-corrected chi connectivity index (χ2v) is 29.5. The summed E-state index contributed by atoms with van der Waals surface area (Å²) in [7, 11) is -9.99. The molecule has 0 spiro atoms. The highest BCUT2D eigenvalue weighted by atomic mass is 31.2. The molecule has 0 radical (unpaired) electrons. The Morgan fingerprint density at radius 2 is 0.491 bits per heavy atom. The maximum Gasteiger partial charge on any atom is 0.472 e. The van der Waals surface area contributed by atoms with Crippen LogP contribution in [-0.4, -0.2) is 96.7 Å². The van der Waals surface area contributed by atoms with Crippen LogP contribution in [0.15, 0.2) is 158 Å². The van der Waals surface area contributed by atoms with Crippen LogP contribution in [0.4, 0.5) is 0 Å². The van der Waals surface area contributed by atoms with E-state index in [9.17, 15) is 43.2 Å². The summed E-state index contributed by atoms with van der Waals surface area (Å²) in [6.45, 7) is 4.44. The van der Waals surface area contributed by atoms with Crippen molar-refractivity contribution in [2.24, 2.45) is 0 Å². The van der Waals surface area contributed by atoms with Crippen LogP contribution in [0.25, 0.3) is 0 Å². The summed E-state index contributed by atoms with van der Waals surface area (Å²) in [6.07, 6.45) is 90.8. The average molecular weight is 1520 g/mol. The van der Waals surface area contributed by atoms with E-state index in [4.69, 9.17) is 37.0 Å². The van der Waals surface area contributed by atoms with Gasteiger partial charge in [0.1, 0.15) is 19.3 Å². The van der Waals surface area contributed by atoms with Crippen molar-refractivity contribution in [3.63, 3.8) is 0 Å². The molecule has 0 aliphatic carbocycles. The molecular weight excluding hydrogens is 1380 g/mol.